The van der Waals surface area contributed by atoms with E-state index in [9.17, 15) is 9.59 Å². The summed E-state index contributed by atoms with van der Waals surface area (Å²) in [6, 6.07) is 7.21. The van der Waals surface area contributed by atoms with Gasteiger partial charge in [-0.3, -0.25) is 9.59 Å². The van der Waals surface area contributed by atoms with Crippen LogP contribution in [0.3, 0.4) is 0 Å². The third kappa shape index (κ3) is 6.23. The Morgan fingerprint density at radius 1 is 1.07 bits per heavy atom. The molecule has 0 atom stereocenters. The second kappa shape index (κ2) is 10.5. The normalized spacial score (nSPS) is 19.5. The Morgan fingerprint density at radius 3 is 2.11 bits per heavy atom. The fourth-order valence-corrected chi connectivity index (χ4v) is 3.68. The first-order chi connectivity index (χ1) is 13.4. The molecule has 1 fully saturated rings. The van der Waals surface area contributed by atoms with Crippen LogP contribution in [0.25, 0.3) is 0 Å². The van der Waals surface area contributed by atoms with E-state index in [2.05, 4.69) is 16.6 Å². The summed E-state index contributed by atoms with van der Waals surface area (Å²) in [7, 11) is 0. The summed E-state index contributed by atoms with van der Waals surface area (Å²) < 4.78 is 0. The predicted molar refractivity (Wildman–Crippen MR) is 111 cm³/mol. The SMILES string of the molecule is C#CC(CC)(CC)NC(=O)C[NH+]1CC[NH+](CC(=O)Nc2ccccc2Cl)CC1. The van der Waals surface area contributed by atoms with Gasteiger partial charge in [0.15, 0.2) is 13.1 Å². The second-order valence-electron chi connectivity index (χ2n) is 7.36. The summed E-state index contributed by atoms with van der Waals surface area (Å²) in [5.41, 5.74) is 0.0961. The number of quaternary nitrogens is 2. The molecule has 4 N–H and O–H groups in total. The molecule has 0 unspecified atom stereocenters. The molecule has 28 heavy (non-hydrogen) atoms. The van der Waals surface area contributed by atoms with Crippen molar-refractivity contribution in [3.8, 4) is 12.3 Å². The summed E-state index contributed by atoms with van der Waals surface area (Å²) >= 11 is 6.08. The zero-order valence-electron chi connectivity index (χ0n) is 16.7. The molecular weight excluding hydrogens is 376 g/mol. The van der Waals surface area contributed by atoms with Gasteiger partial charge in [-0.1, -0.05) is 43.5 Å². The van der Waals surface area contributed by atoms with Gasteiger partial charge in [-0.25, -0.2) is 0 Å². The number of terminal acetylenes is 1. The maximum atomic E-state index is 12.4. The summed E-state index contributed by atoms with van der Waals surface area (Å²) in [4.78, 5) is 27.1. The quantitative estimate of drug-likeness (QED) is 0.434. The average molecular weight is 407 g/mol. The highest BCUT2D eigenvalue weighted by Crippen LogP contribution is 2.19. The van der Waals surface area contributed by atoms with Crippen LogP contribution < -0.4 is 20.4 Å². The van der Waals surface area contributed by atoms with E-state index >= 15 is 0 Å². The van der Waals surface area contributed by atoms with Gasteiger partial charge in [0.25, 0.3) is 11.8 Å². The molecular formula is C21H31ClN4O2+2. The van der Waals surface area contributed by atoms with Crippen LogP contribution in [0.4, 0.5) is 5.69 Å². The van der Waals surface area contributed by atoms with Crippen molar-refractivity contribution in [1.82, 2.24) is 5.32 Å². The van der Waals surface area contributed by atoms with Crippen LogP contribution in [0.2, 0.25) is 5.02 Å². The Balaban J connectivity index is 1.75. The molecule has 1 heterocycles. The lowest BCUT2D eigenvalue weighted by atomic mass is 9.94. The van der Waals surface area contributed by atoms with Crippen molar-refractivity contribution in [3.63, 3.8) is 0 Å². The lowest BCUT2D eigenvalue weighted by Crippen LogP contribution is -3.28. The number of carbonyl (C=O) groups excluding carboxylic acids is 2. The first-order valence-corrected chi connectivity index (χ1v) is 10.3. The minimum absolute atomic E-state index is 0.00318. The molecule has 1 aliphatic heterocycles. The maximum Gasteiger partial charge on any atom is 0.279 e. The van der Waals surface area contributed by atoms with Gasteiger partial charge in [0.05, 0.1) is 10.7 Å². The Hall–Kier alpha value is -2.07. The van der Waals surface area contributed by atoms with E-state index in [1.165, 1.54) is 9.80 Å². The third-order valence-corrected chi connectivity index (χ3v) is 5.82. The van der Waals surface area contributed by atoms with Crippen molar-refractivity contribution in [1.29, 1.82) is 0 Å². The molecule has 0 radical (unpaired) electrons. The van der Waals surface area contributed by atoms with E-state index < -0.39 is 5.54 Å². The van der Waals surface area contributed by atoms with Crippen molar-refractivity contribution < 1.29 is 19.4 Å². The van der Waals surface area contributed by atoms with Crippen LogP contribution >= 0.6 is 11.6 Å². The summed E-state index contributed by atoms with van der Waals surface area (Å²) in [5.74, 6) is 2.69. The minimum atomic E-state index is -0.541. The number of amides is 2. The van der Waals surface area contributed by atoms with Crippen LogP contribution in [0.1, 0.15) is 26.7 Å². The molecule has 1 aliphatic rings. The highest BCUT2D eigenvalue weighted by molar-refractivity contribution is 6.33. The van der Waals surface area contributed by atoms with Crippen molar-refractivity contribution in [3.05, 3.63) is 29.3 Å². The van der Waals surface area contributed by atoms with Crippen molar-refractivity contribution in [2.45, 2.75) is 32.2 Å². The number of para-hydroxylation sites is 1. The Kier molecular flexibility index (Phi) is 8.31. The molecule has 152 valence electrons. The molecule has 0 aromatic heterocycles. The topological polar surface area (TPSA) is 67.1 Å². The molecule has 0 bridgehead atoms. The van der Waals surface area contributed by atoms with E-state index in [1.54, 1.807) is 12.1 Å². The van der Waals surface area contributed by atoms with E-state index in [0.29, 0.717) is 23.8 Å². The van der Waals surface area contributed by atoms with Gasteiger partial charge < -0.3 is 20.4 Å². The number of piperazine rings is 1. The number of hydrogen-bond acceptors (Lipinski definition) is 2. The fraction of sp³-hybridized carbons (Fsp3) is 0.524. The van der Waals surface area contributed by atoms with Crippen LogP contribution in [0.15, 0.2) is 24.3 Å². The Morgan fingerprint density at radius 2 is 1.61 bits per heavy atom. The number of anilines is 1. The van der Waals surface area contributed by atoms with Crippen LogP contribution in [-0.4, -0.2) is 56.6 Å². The van der Waals surface area contributed by atoms with Gasteiger partial charge in [0, 0.05) is 0 Å². The largest absolute Gasteiger partial charge is 0.335 e. The van der Waals surface area contributed by atoms with Crippen molar-refractivity contribution in [2.75, 3.05) is 44.6 Å². The number of carbonyl (C=O) groups is 2. The van der Waals surface area contributed by atoms with Gasteiger partial charge >= 0.3 is 0 Å². The Bertz CT molecular complexity index is 719. The zero-order chi connectivity index (χ0) is 20.6. The van der Waals surface area contributed by atoms with Gasteiger partial charge in [-0.05, 0) is 25.0 Å². The number of rotatable bonds is 8. The van der Waals surface area contributed by atoms with E-state index in [4.69, 9.17) is 18.0 Å². The monoisotopic (exact) mass is 406 g/mol. The standard InChI is InChI=1S/C21H29ClN4O2/c1-4-21(5-2,6-3)24-20(28)16-26-13-11-25(12-14-26)15-19(27)23-18-10-8-7-9-17(18)22/h1,7-10H,5-6,11-16H2,2-3H3,(H,23,27)(H,24,28)/p+2. The molecule has 2 amide bonds. The number of benzene rings is 1. The third-order valence-electron chi connectivity index (χ3n) is 5.50. The summed E-state index contributed by atoms with van der Waals surface area (Å²) in [6.07, 6.45) is 7.06. The second-order valence-corrected chi connectivity index (χ2v) is 7.77. The predicted octanol–water partition coefficient (Wildman–Crippen LogP) is -0.630. The molecule has 0 spiro atoms. The lowest BCUT2D eigenvalue weighted by molar-refractivity contribution is -1.00. The van der Waals surface area contributed by atoms with Crippen LogP contribution in [0.5, 0.6) is 0 Å². The average Bonchev–Trinajstić information content (AvgIpc) is 2.69. The van der Waals surface area contributed by atoms with Crippen LogP contribution in [-0.2, 0) is 9.59 Å². The first-order valence-electron chi connectivity index (χ1n) is 9.91. The van der Waals surface area contributed by atoms with Gasteiger partial charge in [0.1, 0.15) is 31.7 Å². The van der Waals surface area contributed by atoms with Crippen LogP contribution in [0, 0.1) is 12.3 Å². The maximum absolute atomic E-state index is 12.4. The smallest absolute Gasteiger partial charge is 0.279 e. The highest BCUT2D eigenvalue weighted by Gasteiger charge is 2.30. The Labute approximate surface area is 172 Å². The number of hydrogen-bond donors (Lipinski definition) is 4. The first kappa shape index (κ1) is 22.2. The lowest BCUT2D eigenvalue weighted by Gasteiger charge is -2.31. The molecule has 2 rings (SSSR count). The van der Waals surface area contributed by atoms with E-state index in [1.807, 2.05) is 26.0 Å². The zero-order valence-corrected chi connectivity index (χ0v) is 17.5. The number of halogens is 1. The highest BCUT2D eigenvalue weighted by atomic mass is 35.5. The molecule has 0 saturated carbocycles. The summed E-state index contributed by atoms with van der Waals surface area (Å²) in [6.45, 7) is 8.20. The molecule has 6 nitrogen and oxygen atoms in total. The van der Waals surface area contributed by atoms with Gasteiger partial charge in [-0.15, -0.1) is 6.42 Å². The van der Waals surface area contributed by atoms with E-state index in [-0.39, 0.29) is 11.8 Å². The molecule has 1 aromatic carbocycles. The minimum Gasteiger partial charge on any atom is -0.335 e. The number of nitrogens with one attached hydrogen (secondary N) is 4. The van der Waals surface area contributed by atoms with Gasteiger partial charge in [0.2, 0.25) is 0 Å². The molecule has 1 aromatic rings. The molecule has 7 heteroatoms. The fourth-order valence-electron chi connectivity index (χ4n) is 3.50. The molecule has 1 saturated heterocycles. The van der Waals surface area contributed by atoms with Crippen molar-refractivity contribution >= 4 is 29.1 Å². The van der Waals surface area contributed by atoms with E-state index in [0.717, 1.165) is 39.0 Å². The van der Waals surface area contributed by atoms with Crippen molar-refractivity contribution in [2.24, 2.45) is 0 Å². The van der Waals surface area contributed by atoms with Gasteiger partial charge in [-0.2, -0.15) is 0 Å². The molecule has 0 aliphatic carbocycles. The summed E-state index contributed by atoms with van der Waals surface area (Å²) in [5, 5.41) is 6.42.